The van der Waals surface area contributed by atoms with Gasteiger partial charge in [-0.2, -0.15) is 4.98 Å². The Bertz CT molecular complexity index is 1870. The lowest BCUT2D eigenvalue weighted by Crippen LogP contribution is -2.12. The van der Waals surface area contributed by atoms with Gasteiger partial charge in [-0.05, 0) is 65.4 Å². The third kappa shape index (κ3) is 6.38. The Hall–Kier alpha value is -5.56. The Morgan fingerprint density at radius 3 is 2.09 bits per heavy atom. The summed E-state index contributed by atoms with van der Waals surface area (Å²) in [6.45, 7) is 8.83. The fourth-order valence-corrected chi connectivity index (χ4v) is 5.35. The van der Waals surface area contributed by atoms with E-state index in [2.05, 4.69) is 50.9 Å². The molecule has 1 N–H and O–H groups in total. The number of aromatic nitrogens is 3. The number of nitrogens with zero attached hydrogens (tertiary/aromatic N) is 4. The van der Waals surface area contributed by atoms with Gasteiger partial charge >= 0.3 is 6.01 Å². The number of hydrogen-bond acceptors (Lipinski definition) is 6. The van der Waals surface area contributed by atoms with Crippen LogP contribution in [-0.2, 0) is 0 Å². The number of ether oxygens (including phenoxy) is 2. The lowest BCUT2D eigenvalue weighted by Gasteiger charge is -2.25. The van der Waals surface area contributed by atoms with Crippen LogP contribution in [0.3, 0.4) is 0 Å². The fraction of sp³-hybridized carbons (Fsp3) is 0.158. The molecule has 0 fully saturated rings. The van der Waals surface area contributed by atoms with Gasteiger partial charge < -0.3 is 14.6 Å². The summed E-state index contributed by atoms with van der Waals surface area (Å²) in [7, 11) is 0. The van der Waals surface area contributed by atoms with E-state index in [-0.39, 0.29) is 5.75 Å². The first kappa shape index (κ1) is 29.5. The number of aromatic hydroxyl groups is 1. The van der Waals surface area contributed by atoms with Crippen LogP contribution >= 0.6 is 0 Å². The molecule has 4 aromatic carbocycles. The maximum atomic E-state index is 10.2. The third-order valence-corrected chi connectivity index (χ3v) is 7.51. The second-order valence-electron chi connectivity index (χ2n) is 11.3. The molecule has 45 heavy (non-hydrogen) atoms. The number of phenolic OH excluding ortho intramolecular Hbond substituents is 1. The van der Waals surface area contributed by atoms with E-state index < -0.39 is 0 Å². The summed E-state index contributed by atoms with van der Waals surface area (Å²) < 4.78 is 14.5. The van der Waals surface area contributed by atoms with Crippen LogP contribution in [0.2, 0.25) is 0 Å². The molecule has 6 aromatic rings. The van der Waals surface area contributed by atoms with Crippen molar-refractivity contribution in [2.45, 2.75) is 39.5 Å². The van der Waals surface area contributed by atoms with Crippen LogP contribution in [-0.4, -0.2) is 19.6 Å². The zero-order chi connectivity index (χ0) is 31.3. The molecule has 0 aliphatic carbocycles. The zero-order valence-corrected chi connectivity index (χ0v) is 25.8. The molecule has 0 amide bonds. The lowest BCUT2D eigenvalue weighted by molar-refractivity contribution is 0.403. The molecular weight excluding hydrogens is 560 g/mol. The van der Waals surface area contributed by atoms with E-state index in [9.17, 15) is 5.11 Å². The topological polar surface area (TPSA) is 72.6 Å². The number of para-hydroxylation sites is 4. The van der Waals surface area contributed by atoms with Gasteiger partial charge in [0.05, 0.1) is 11.4 Å². The van der Waals surface area contributed by atoms with Crippen LogP contribution in [0, 0.1) is 0 Å². The van der Waals surface area contributed by atoms with Gasteiger partial charge in [0.15, 0.2) is 11.5 Å². The number of phenols is 1. The van der Waals surface area contributed by atoms with Crippen molar-refractivity contribution in [2.75, 3.05) is 4.90 Å². The molecule has 0 aliphatic rings. The maximum absolute atomic E-state index is 10.2. The molecule has 0 bridgehead atoms. The van der Waals surface area contributed by atoms with Crippen LogP contribution < -0.4 is 14.4 Å². The number of hydrogen-bond donors (Lipinski definition) is 1. The molecule has 0 aliphatic heterocycles. The molecule has 0 saturated heterocycles. The van der Waals surface area contributed by atoms with Crippen molar-refractivity contribution < 1.29 is 14.6 Å². The molecule has 7 heteroatoms. The summed E-state index contributed by atoms with van der Waals surface area (Å²) in [5, 5.41) is 10.2. The average Bonchev–Trinajstić information content (AvgIpc) is 3.50. The van der Waals surface area contributed by atoms with E-state index in [4.69, 9.17) is 14.5 Å². The molecule has 0 saturated carbocycles. The van der Waals surface area contributed by atoms with Crippen LogP contribution in [0.4, 0.5) is 17.2 Å². The van der Waals surface area contributed by atoms with Crippen LogP contribution in [0.5, 0.6) is 29.1 Å². The highest BCUT2D eigenvalue weighted by Crippen LogP contribution is 2.39. The Morgan fingerprint density at radius 2 is 1.36 bits per heavy atom. The first-order chi connectivity index (χ1) is 21.9. The van der Waals surface area contributed by atoms with Crippen LogP contribution in [0.1, 0.15) is 50.7 Å². The fourth-order valence-electron chi connectivity index (χ4n) is 5.35. The average molecular weight is 597 g/mol. The Kier molecular flexibility index (Phi) is 8.51. The van der Waals surface area contributed by atoms with Crippen molar-refractivity contribution in [2.24, 2.45) is 0 Å². The van der Waals surface area contributed by atoms with E-state index in [1.165, 1.54) is 11.1 Å². The van der Waals surface area contributed by atoms with Gasteiger partial charge in [-0.25, -0.2) is 4.98 Å². The lowest BCUT2D eigenvalue weighted by atomic mass is 9.92. The number of anilines is 3. The summed E-state index contributed by atoms with van der Waals surface area (Å²) >= 11 is 0. The summed E-state index contributed by atoms with van der Waals surface area (Å²) in [5.74, 6) is 2.66. The largest absolute Gasteiger partial charge is 0.504 e. The van der Waals surface area contributed by atoms with Gasteiger partial charge in [0.25, 0.3) is 0 Å². The number of rotatable bonds is 10. The standard InChI is InChI=1S/C38H36N4O3/c1-26(2)31-17-11-18-32(27(3)4)37(31)41-24-23-39-38(41)44-30-16-10-15-29(25-30)42(28-13-6-5-7-14-28)35-21-12-22-36(40-35)45-34-20-9-8-19-33(34)43/h5-27,43H,1-4H3. The zero-order valence-electron chi connectivity index (χ0n) is 25.8. The highest BCUT2D eigenvalue weighted by atomic mass is 16.5. The predicted molar refractivity (Wildman–Crippen MR) is 179 cm³/mol. The van der Waals surface area contributed by atoms with Crippen molar-refractivity contribution in [1.82, 2.24) is 14.5 Å². The van der Waals surface area contributed by atoms with Gasteiger partial charge in [0.2, 0.25) is 5.88 Å². The molecule has 0 unspecified atom stereocenters. The summed E-state index contributed by atoms with van der Waals surface area (Å²) in [4.78, 5) is 11.5. The van der Waals surface area contributed by atoms with E-state index >= 15 is 0 Å². The molecule has 0 radical (unpaired) electrons. The minimum atomic E-state index is 0.0457. The highest BCUT2D eigenvalue weighted by Gasteiger charge is 2.20. The molecular formula is C38H36N4O3. The van der Waals surface area contributed by atoms with Crippen molar-refractivity contribution in [3.8, 4) is 34.8 Å². The van der Waals surface area contributed by atoms with E-state index in [1.54, 1.807) is 36.5 Å². The molecule has 0 atom stereocenters. The van der Waals surface area contributed by atoms with Gasteiger partial charge in [0, 0.05) is 30.2 Å². The Balaban J connectivity index is 1.37. The molecule has 2 heterocycles. The van der Waals surface area contributed by atoms with Crippen LogP contribution in [0.25, 0.3) is 5.69 Å². The minimum absolute atomic E-state index is 0.0457. The highest BCUT2D eigenvalue weighted by molar-refractivity contribution is 5.75. The molecule has 6 rings (SSSR count). The van der Waals surface area contributed by atoms with Crippen LogP contribution in [0.15, 0.2) is 128 Å². The summed E-state index contributed by atoms with van der Waals surface area (Å²) in [6, 6.07) is 37.2. The minimum Gasteiger partial charge on any atom is -0.504 e. The SMILES string of the molecule is CC(C)c1cccc(C(C)C)c1-n1ccnc1Oc1cccc(N(c2ccccc2)c2cccc(Oc3ccccc3O)n2)c1. The second-order valence-corrected chi connectivity index (χ2v) is 11.3. The predicted octanol–water partition coefficient (Wildman–Crippen LogP) is 10.3. The Labute approximate surface area is 264 Å². The van der Waals surface area contributed by atoms with Gasteiger partial charge in [-0.1, -0.05) is 88.4 Å². The van der Waals surface area contributed by atoms with Crippen molar-refractivity contribution in [1.29, 1.82) is 0 Å². The number of imidazole rings is 1. The quantitative estimate of drug-likeness (QED) is 0.170. The number of pyridine rings is 1. The van der Waals surface area contributed by atoms with Crippen molar-refractivity contribution in [3.63, 3.8) is 0 Å². The third-order valence-electron chi connectivity index (χ3n) is 7.51. The molecule has 2 aromatic heterocycles. The summed E-state index contributed by atoms with van der Waals surface area (Å²) in [6.07, 6.45) is 3.74. The van der Waals surface area contributed by atoms with Crippen molar-refractivity contribution >= 4 is 17.2 Å². The van der Waals surface area contributed by atoms with Gasteiger partial charge in [-0.15, -0.1) is 0 Å². The first-order valence-electron chi connectivity index (χ1n) is 15.1. The van der Waals surface area contributed by atoms with E-state index in [0.29, 0.717) is 41.0 Å². The van der Waals surface area contributed by atoms with E-state index in [1.807, 2.05) is 82.4 Å². The molecule has 226 valence electrons. The monoisotopic (exact) mass is 596 g/mol. The summed E-state index contributed by atoms with van der Waals surface area (Å²) in [5.41, 5.74) is 5.35. The van der Waals surface area contributed by atoms with Gasteiger partial charge in [0.1, 0.15) is 11.6 Å². The number of benzene rings is 4. The molecule has 0 spiro atoms. The second kappa shape index (κ2) is 13.0. The van der Waals surface area contributed by atoms with Crippen molar-refractivity contribution in [3.05, 3.63) is 139 Å². The molecule has 7 nitrogen and oxygen atoms in total. The smallest absolute Gasteiger partial charge is 0.306 e. The maximum Gasteiger partial charge on any atom is 0.306 e. The Morgan fingerprint density at radius 1 is 0.689 bits per heavy atom. The van der Waals surface area contributed by atoms with E-state index in [0.717, 1.165) is 17.1 Å². The normalized spacial score (nSPS) is 11.2. The van der Waals surface area contributed by atoms with Gasteiger partial charge in [-0.3, -0.25) is 9.47 Å². The first-order valence-corrected chi connectivity index (χ1v) is 15.1.